The van der Waals surface area contributed by atoms with Crippen LogP contribution in [0.1, 0.15) is 24.1 Å². The van der Waals surface area contributed by atoms with Gasteiger partial charge >= 0.3 is 0 Å². The molecule has 1 heterocycles. The zero-order valence-electron chi connectivity index (χ0n) is 10.7. The van der Waals surface area contributed by atoms with E-state index in [1.165, 1.54) is 12.8 Å². The predicted octanol–water partition coefficient (Wildman–Crippen LogP) is 2.48. The van der Waals surface area contributed by atoms with Crippen LogP contribution in [0, 0.1) is 5.92 Å². The Kier molecular flexibility index (Phi) is 3.80. The minimum atomic E-state index is 0.662. The molecule has 1 N–H and O–H groups in total. The molecule has 0 radical (unpaired) electrons. The number of nitrogens with one attached hydrogen (secondary N) is 1. The first-order chi connectivity index (χ1) is 9.31. The van der Waals surface area contributed by atoms with E-state index in [0.717, 1.165) is 35.3 Å². The van der Waals surface area contributed by atoms with Crippen LogP contribution in [0.5, 0.6) is 0 Å². The Morgan fingerprint density at radius 3 is 2.95 bits per heavy atom. The molecule has 100 valence electrons. The summed E-state index contributed by atoms with van der Waals surface area (Å²) in [5, 5.41) is 12.5. The van der Waals surface area contributed by atoms with Crippen molar-refractivity contribution in [1.82, 2.24) is 20.3 Å². The van der Waals surface area contributed by atoms with Crippen LogP contribution in [0.4, 0.5) is 0 Å². The van der Waals surface area contributed by atoms with Crippen LogP contribution in [0.15, 0.2) is 30.5 Å². The summed E-state index contributed by atoms with van der Waals surface area (Å²) < 4.78 is 1.83. The molecule has 19 heavy (non-hydrogen) atoms. The van der Waals surface area contributed by atoms with E-state index in [1.54, 1.807) is 0 Å². The molecule has 0 amide bonds. The Labute approximate surface area is 117 Å². The molecule has 3 rings (SSSR count). The zero-order valence-corrected chi connectivity index (χ0v) is 11.5. The average Bonchev–Trinajstić information content (AvgIpc) is 3.12. The summed E-state index contributed by atoms with van der Waals surface area (Å²) in [7, 11) is 0. The zero-order chi connectivity index (χ0) is 13.1. The van der Waals surface area contributed by atoms with Crippen molar-refractivity contribution in [3.05, 3.63) is 46.7 Å². The Morgan fingerprint density at radius 2 is 2.16 bits per heavy atom. The fraction of sp³-hybridized carbons (Fsp3) is 0.429. The van der Waals surface area contributed by atoms with Crippen molar-refractivity contribution in [1.29, 1.82) is 0 Å². The van der Waals surface area contributed by atoms with E-state index in [0.29, 0.717) is 6.54 Å². The van der Waals surface area contributed by atoms with E-state index in [1.807, 2.05) is 35.1 Å². The van der Waals surface area contributed by atoms with Gasteiger partial charge in [0.05, 0.1) is 18.4 Å². The van der Waals surface area contributed by atoms with Crippen molar-refractivity contribution in [2.45, 2.75) is 25.9 Å². The van der Waals surface area contributed by atoms with E-state index in [4.69, 9.17) is 11.6 Å². The molecule has 5 heteroatoms. The normalized spacial score (nSPS) is 14.8. The lowest BCUT2D eigenvalue weighted by Crippen LogP contribution is -2.16. The van der Waals surface area contributed by atoms with Crippen molar-refractivity contribution in [2.24, 2.45) is 5.92 Å². The van der Waals surface area contributed by atoms with Crippen LogP contribution < -0.4 is 5.32 Å². The highest BCUT2D eigenvalue weighted by Gasteiger charge is 2.20. The minimum absolute atomic E-state index is 0.662. The molecular weight excluding hydrogens is 260 g/mol. The Bertz CT molecular complexity index is 548. The SMILES string of the molecule is Clc1ccccc1Cn1cc(CNCC2CC2)nn1. The number of halogens is 1. The van der Waals surface area contributed by atoms with Crippen LogP contribution in [-0.4, -0.2) is 21.5 Å². The molecule has 1 fully saturated rings. The molecule has 0 bridgehead atoms. The Morgan fingerprint density at radius 1 is 1.32 bits per heavy atom. The highest BCUT2D eigenvalue weighted by atomic mass is 35.5. The van der Waals surface area contributed by atoms with E-state index < -0.39 is 0 Å². The van der Waals surface area contributed by atoms with E-state index in [2.05, 4.69) is 15.6 Å². The first-order valence-electron chi connectivity index (χ1n) is 6.64. The standard InChI is InChI=1S/C14H17ClN4/c15-14-4-2-1-3-12(14)9-19-10-13(17-18-19)8-16-7-11-5-6-11/h1-4,10-11,16H,5-9H2. The van der Waals surface area contributed by atoms with Gasteiger partial charge in [0.25, 0.3) is 0 Å². The molecule has 0 aliphatic heterocycles. The maximum Gasteiger partial charge on any atom is 0.0964 e. The first-order valence-corrected chi connectivity index (χ1v) is 7.02. The van der Waals surface area contributed by atoms with Gasteiger partial charge in [-0.15, -0.1) is 5.10 Å². The van der Waals surface area contributed by atoms with Gasteiger partial charge in [-0.3, -0.25) is 0 Å². The molecule has 0 spiro atoms. The maximum atomic E-state index is 6.13. The number of nitrogens with zero attached hydrogens (tertiary/aromatic N) is 3. The van der Waals surface area contributed by atoms with Crippen molar-refractivity contribution in [3.63, 3.8) is 0 Å². The summed E-state index contributed by atoms with van der Waals surface area (Å²) in [6.45, 7) is 2.55. The van der Waals surface area contributed by atoms with E-state index in [9.17, 15) is 0 Å². The first kappa shape index (κ1) is 12.6. The van der Waals surface area contributed by atoms with Crippen LogP contribution in [-0.2, 0) is 13.1 Å². The van der Waals surface area contributed by atoms with Gasteiger partial charge in [0.15, 0.2) is 0 Å². The van der Waals surface area contributed by atoms with Crippen LogP contribution in [0.2, 0.25) is 5.02 Å². The van der Waals surface area contributed by atoms with Gasteiger partial charge in [-0.2, -0.15) is 0 Å². The van der Waals surface area contributed by atoms with Crippen molar-refractivity contribution >= 4 is 11.6 Å². The predicted molar refractivity (Wildman–Crippen MR) is 75.0 cm³/mol. The van der Waals surface area contributed by atoms with Crippen LogP contribution in [0.25, 0.3) is 0 Å². The molecule has 1 aliphatic rings. The van der Waals surface area contributed by atoms with Gasteiger partial charge in [-0.25, -0.2) is 4.68 Å². The van der Waals surface area contributed by atoms with Gasteiger partial charge in [0.2, 0.25) is 0 Å². The molecule has 0 atom stereocenters. The second kappa shape index (κ2) is 5.72. The number of hydrogen-bond donors (Lipinski definition) is 1. The third-order valence-electron chi connectivity index (χ3n) is 3.31. The number of aromatic nitrogens is 3. The Hall–Kier alpha value is -1.39. The highest BCUT2D eigenvalue weighted by molar-refractivity contribution is 6.31. The highest BCUT2D eigenvalue weighted by Crippen LogP contribution is 2.27. The van der Waals surface area contributed by atoms with Crippen molar-refractivity contribution in [3.8, 4) is 0 Å². The summed E-state index contributed by atoms with van der Waals surface area (Å²) in [4.78, 5) is 0. The summed E-state index contributed by atoms with van der Waals surface area (Å²) in [6, 6.07) is 7.82. The van der Waals surface area contributed by atoms with Gasteiger partial charge in [-0.05, 0) is 36.9 Å². The molecule has 4 nitrogen and oxygen atoms in total. The molecule has 1 aromatic carbocycles. The van der Waals surface area contributed by atoms with Crippen LogP contribution >= 0.6 is 11.6 Å². The second-order valence-corrected chi connectivity index (χ2v) is 5.48. The molecule has 1 aromatic heterocycles. The van der Waals surface area contributed by atoms with Gasteiger partial charge in [0.1, 0.15) is 0 Å². The second-order valence-electron chi connectivity index (χ2n) is 5.07. The molecule has 1 saturated carbocycles. The van der Waals surface area contributed by atoms with Gasteiger partial charge in [-0.1, -0.05) is 35.0 Å². The number of rotatable bonds is 6. The topological polar surface area (TPSA) is 42.7 Å². The molecule has 0 unspecified atom stereocenters. The summed E-state index contributed by atoms with van der Waals surface area (Å²) in [5.74, 6) is 0.887. The maximum absolute atomic E-state index is 6.13. The number of hydrogen-bond acceptors (Lipinski definition) is 3. The Balaban J connectivity index is 1.56. The fourth-order valence-electron chi connectivity index (χ4n) is 2.02. The fourth-order valence-corrected chi connectivity index (χ4v) is 2.22. The van der Waals surface area contributed by atoms with Gasteiger partial charge in [0, 0.05) is 11.6 Å². The third-order valence-corrected chi connectivity index (χ3v) is 3.68. The third kappa shape index (κ3) is 3.55. The lowest BCUT2D eigenvalue weighted by molar-refractivity contribution is 0.627. The van der Waals surface area contributed by atoms with Crippen molar-refractivity contribution in [2.75, 3.05) is 6.54 Å². The largest absolute Gasteiger partial charge is 0.311 e. The smallest absolute Gasteiger partial charge is 0.0964 e. The lowest BCUT2D eigenvalue weighted by atomic mass is 10.2. The molecular formula is C14H17ClN4. The van der Waals surface area contributed by atoms with Crippen molar-refractivity contribution < 1.29 is 0 Å². The summed E-state index contributed by atoms with van der Waals surface area (Å²) in [6.07, 6.45) is 4.71. The number of benzene rings is 1. The van der Waals surface area contributed by atoms with E-state index >= 15 is 0 Å². The molecule has 2 aromatic rings. The van der Waals surface area contributed by atoms with E-state index in [-0.39, 0.29) is 0 Å². The summed E-state index contributed by atoms with van der Waals surface area (Å²) >= 11 is 6.13. The quantitative estimate of drug-likeness (QED) is 0.881. The van der Waals surface area contributed by atoms with Gasteiger partial charge < -0.3 is 5.32 Å². The monoisotopic (exact) mass is 276 g/mol. The average molecular weight is 277 g/mol. The minimum Gasteiger partial charge on any atom is -0.311 e. The summed E-state index contributed by atoms with van der Waals surface area (Å²) in [5.41, 5.74) is 2.04. The van der Waals surface area contributed by atoms with Crippen LogP contribution in [0.3, 0.4) is 0 Å². The molecule has 1 aliphatic carbocycles. The molecule has 0 saturated heterocycles. The lowest BCUT2D eigenvalue weighted by Gasteiger charge is -2.02.